The van der Waals surface area contributed by atoms with Gasteiger partial charge in [-0.15, -0.1) is 0 Å². The monoisotopic (exact) mass is 311 g/mol. The second kappa shape index (κ2) is 11.1. The molecule has 0 radical (unpaired) electrons. The first-order valence-corrected chi connectivity index (χ1v) is 8.00. The molecule has 0 aromatic rings. The van der Waals surface area contributed by atoms with E-state index in [0.29, 0.717) is 30.8 Å². The number of carbonyl (C=O) groups excluding carboxylic acids is 1. The van der Waals surface area contributed by atoms with Crippen molar-refractivity contribution in [3.05, 3.63) is 24.0 Å². The SMILES string of the molecule is C=C(CC)C(=O)NCCCN/C=C(\N)COC1CCCCO1. The van der Waals surface area contributed by atoms with Crippen LogP contribution in [0.1, 0.15) is 39.0 Å². The van der Waals surface area contributed by atoms with Gasteiger partial charge in [0.25, 0.3) is 0 Å². The van der Waals surface area contributed by atoms with E-state index in [1.165, 1.54) is 0 Å². The standard InChI is InChI=1S/C16H29N3O3/c1-3-13(2)16(20)19-9-6-8-18-11-14(17)12-22-15-7-4-5-10-21-15/h11,15,18H,2-10,12,17H2,1H3,(H,19,20)/b14-11-. The molecule has 1 fully saturated rings. The lowest BCUT2D eigenvalue weighted by Crippen LogP contribution is -2.27. The van der Waals surface area contributed by atoms with Gasteiger partial charge in [0.05, 0.1) is 12.3 Å². The van der Waals surface area contributed by atoms with Gasteiger partial charge in [0.2, 0.25) is 5.91 Å². The minimum atomic E-state index is -0.123. The van der Waals surface area contributed by atoms with E-state index in [4.69, 9.17) is 15.2 Å². The topological polar surface area (TPSA) is 85.6 Å². The van der Waals surface area contributed by atoms with Gasteiger partial charge in [0.15, 0.2) is 6.29 Å². The quantitative estimate of drug-likeness (QED) is 0.419. The van der Waals surface area contributed by atoms with Crippen molar-refractivity contribution in [1.29, 1.82) is 0 Å². The molecule has 1 amide bonds. The number of hydrogen-bond acceptors (Lipinski definition) is 5. The largest absolute Gasteiger partial charge is 0.399 e. The number of carbonyl (C=O) groups is 1. The van der Waals surface area contributed by atoms with Crippen molar-refractivity contribution in [1.82, 2.24) is 10.6 Å². The fraction of sp³-hybridized carbons (Fsp3) is 0.688. The third-order valence-corrected chi connectivity index (χ3v) is 3.39. The lowest BCUT2D eigenvalue weighted by atomic mass is 10.2. The smallest absolute Gasteiger partial charge is 0.246 e. The molecule has 6 heteroatoms. The van der Waals surface area contributed by atoms with Crippen LogP contribution in [0.3, 0.4) is 0 Å². The molecule has 0 aromatic carbocycles. The van der Waals surface area contributed by atoms with Crippen LogP contribution >= 0.6 is 0 Å². The van der Waals surface area contributed by atoms with Crippen LogP contribution < -0.4 is 16.4 Å². The molecule has 6 nitrogen and oxygen atoms in total. The van der Waals surface area contributed by atoms with E-state index in [1.807, 2.05) is 6.92 Å². The number of nitrogens with one attached hydrogen (secondary N) is 2. The predicted octanol–water partition coefficient (Wildman–Crippen LogP) is 1.39. The van der Waals surface area contributed by atoms with E-state index in [-0.39, 0.29) is 12.2 Å². The van der Waals surface area contributed by atoms with Crippen LogP contribution in [0.2, 0.25) is 0 Å². The molecule has 1 saturated heterocycles. The van der Waals surface area contributed by atoms with Gasteiger partial charge < -0.3 is 25.8 Å². The summed E-state index contributed by atoms with van der Waals surface area (Å²) in [5, 5.41) is 5.93. The summed E-state index contributed by atoms with van der Waals surface area (Å²) >= 11 is 0. The molecular weight excluding hydrogens is 282 g/mol. The fourth-order valence-corrected chi connectivity index (χ4v) is 1.95. The molecule has 0 aromatic heterocycles. The summed E-state index contributed by atoms with van der Waals surface area (Å²) in [6, 6.07) is 0. The maximum absolute atomic E-state index is 11.5. The summed E-state index contributed by atoms with van der Waals surface area (Å²) in [7, 11) is 0. The average Bonchev–Trinajstić information content (AvgIpc) is 2.56. The first-order chi connectivity index (χ1) is 10.6. The van der Waals surface area contributed by atoms with Crippen LogP contribution in [0.25, 0.3) is 0 Å². The van der Waals surface area contributed by atoms with Crippen LogP contribution in [0.5, 0.6) is 0 Å². The highest BCUT2D eigenvalue weighted by Crippen LogP contribution is 2.13. The van der Waals surface area contributed by atoms with E-state index >= 15 is 0 Å². The Morgan fingerprint density at radius 2 is 2.27 bits per heavy atom. The number of ether oxygens (including phenoxy) is 2. The van der Waals surface area contributed by atoms with Crippen LogP contribution in [-0.4, -0.2) is 38.5 Å². The maximum atomic E-state index is 11.5. The Labute approximate surface area is 133 Å². The first-order valence-electron chi connectivity index (χ1n) is 8.00. The third kappa shape index (κ3) is 8.05. The lowest BCUT2D eigenvalue weighted by molar-refractivity contribution is -0.157. The van der Waals surface area contributed by atoms with Gasteiger partial charge in [-0.3, -0.25) is 4.79 Å². The van der Waals surface area contributed by atoms with Crippen LogP contribution in [-0.2, 0) is 14.3 Å². The van der Waals surface area contributed by atoms with Gasteiger partial charge in [-0.1, -0.05) is 13.5 Å². The molecule has 1 aliphatic rings. The summed E-state index contributed by atoms with van der Waals surface area (Å²) < 4.78 is 11.0. The van der Waals surface area contributed by atoms with E-state index in [1.54, 1.807) is 6.20 Å². The Morgan fingerprint density at radius 3 is 2.95 bits per heavy atom. The minimum absolute atomic E-state index is 0.0709. The molecule has 1 rings (SSSR count). The number of nitrogens with two attached hydrogens (primary N) is 1. The van der Waals surface area contributed by atoms with Crippen molar-refractivity contribution < 1.29 is 14.3 Å². The zero-order chi connectivity index (χ0) is 16.2. The van der Waals surface area contributed by atoms with Crippen LogP contribution in [0.4, 0.5) is 0 Å². The van der Waals surface area contributed by atoms with Gasteiger partial charge in [-0.2, -0.15) is 0 Å². The molecule has 1 atom stereocenters. The Bertz CT molecular complexity index is 377. The van der Waals surface area contributed by atoms with Gasteiger partial charge >= 0.3 is 0 Å². The molecule has 0 saturated carbocycles. The molecule has 0 aliphatic carbocycles. The van der Waals surface area contributed by atoms with Crippen LogP contribution in [0.15, 0.2) is 24.0 Å². The second-order valence-corrected chi connectivity index (χ2v) is 5.35. The Hall–Kier alpha value is -1.53. The van der Waals surface area contributed by atoms with E-state index in [2.05, 4.69) is 17.2 Å². The van der Waals surface area contributed by atoms with E-state index in [0.717, 1.165) is 38.8 Å². The number of rotatable bonds is 10. The Balaban J connectivity index is 2.02. The van der Waals surface area contributed by atoms with Gasteiger partial charge in [0, 0.05) is 31.5 Å². The summed E-state index contributed by atoms with van der Waals surface area (Å²) in [5.41, 5.74) is 7.10. The van der Waals surface area contributed by atoms with Gasteiger partial charge in [-0.05, 0) is 32.1 Å². The van der Waals surface area contributed by atoms with Crippen LogP contribution in [0, 0.1) is 0 Å². The van der Waals surface area contributed by atoms with Crippen molar-refractivity contribution >= 4 is 5.91 Å². The molecule has 0 spiro atoms. The normalized spacial score (nSPS) is 18.8. The van der Waals surface area contributed by atoms with Crippen molar-refractivity contribution in [2.24, 2.45) is 5.73 Å². The van der Waals surface area contributed by atoms with Crippen molar-refractivity contribution in [3.63, 3.8) is 0 Å². The minimum Gasteiger partial charge on any atom is -0.399 e. The highest BCUT2D eigenvalue weighted by atomic mass is 16.7. The second-order valence-electron chi connectivity index (χ2n) is 5.35. The number of amides is 1. The maximum Gasteiger partial charge on any atom is 0.246 e. The molecule has 4 N–H and O–H groups in total. The molecule has 126 valence electrons. The van der Waals surface area contributed by atoms with E-state index in [9.17, 15) is 4.79 Å². The van der Waals surface area contributed by atoms with Crippen molar-refractivity contribution in [3.8, 4) is 0 Å². The molecular formula is C16H29N3O3. The predicted molar refractivity (Wildman–Crippen MR) is 86.9 cm³/mol. The van der Waals surface area contributed by atoms with E-state index < -0.39 is 0 Å². The highest BCUT2D eigenvalue weighted by Gasteiger charge is 2.13. The van der Waals surface area contributed by atoms with Crippen molar-refractivity contribution in [2.45, 2.75) is 45.3 Å². The summed E-state index contributed by atoms with van der Waals surface area (Å²) in [5.74, 6) is -0.0709. The molecule has 0 bridgehead atoms. The molecule has 1 unspecified atom stereocenters. The molecule has 1 aliphatic heterocycles. The Kier molecular flexibility index (Phi) is 9.34. The Morgan fingerprint density at radius 1 is 1.45 bits per heavy atom. The zero-order valence-electron chi connectivity index (χ0n) is 13.5. The third-order valence-electron chi connectivity index (χ3n) is 3.39. The van der Waals surface area contributed by atoms with Gasteiger partial charge in [-0.25, -0.2) is 0 Å². The first kappa shape index (κ1) is 18.5. The summed E-state index contributed by atoms with van der Waals surface area (Å²) in [6.07, 6.45) is 6.30. The molecule has 1 heterocycles. The summed E-state index contributed by atoms with van der Waals surface area (Å²) in [4.78, 5) is 11.5. The lowest BCUT2D eigenvalue weighted by Gasteiger charge is -2.22. The summed E-state index contributed by atoms with van der Waals surface area (Å²) in [6.45, 7) is 8.09. The zero-order valence-corrected chi connectivity index (χ0v) is 13.5. The average molecular weight is 311 g/mol. The van der Waals surface area contributed by atoms with Crippen molar-refractivity contribution in [2.75, 3.05) is 26.3 Å². The van der Waals surface area contributed by atoms with Gasteiger partial charge in [0.1, 0.15) is 0 Å². The molecule has 22 heavy (non-hydrogen) atoms. The highest BCUT2D eigenvalue weighted by molar-refractivity contribution is 5.92. The number of hydrogen-bond donors (Lipinski definition) is 3. The fourth-order valence-electron chi connectivity index (χ4n) is 1.95.